The summed E-state index contributed by atoms with van der Waals surface area (Å²) in [5, 5.41) is 3.47. The molecule has 0 bridgehead atoms. The Morgan fingerprint density at radius 2 is 1.36 bits per heavy atom. The van der Waals surface area contributed by atoms with Gasteiger partial charge in [-0.15, -0.1) is 0 Å². The Morgan fingerprint density at radius 3 is 1.96 bits per heavy atom. The van der Waals surface area contributed by atoms with Crippen LogP contribution in [0.3, 0.4) is 0 Å². The van der Waals surface area contributed by atoms with E-state index in [1.54, 1.807) is 18.3 Å². The van der Waals surface area contributed by atoms with E-state index in [-0.39, 0.29) is 5.91 Å². The first-order chi connectivity index (χ1) is 13.7. The summed E-state index contributed by atoms with van der Waals surface area (Å²) in [6, 6.07) is 28.6. The predicted octanol–water partition coefficient (Wildman–Crippen LogP) is 6.32. The molecule has 0 spiro atoms. The first-order valence-electron chi connectivity index (χ1n) is 8.89. The quantitative estimate of drug-likeness (QED) is 0.447. The Hall–Kier alpha value is -3.43. The minimum atomic E-state index is -0.230. The highest BCUT2D eigenvalue weighted by atomic mass is 35.5. The minimum absolute atomic E-state index is 0.230. The number of rotatable bonds is 4. The van der Waals surface area contributed by atoms with Gasteiger partial charge in [0.25, 0.3) is 5.91 Å². The molecule has 0 radical (unpaired) electrons. The lowest BCUT2D eigenvalue weighted by Crippen LogP contribution is -2.14. The molecule has 0 aliphatic heterocycles. The summed E-state index contributed by atoms with van der Waals surface area (Å²) in [6.45, 7) is 0. The van der Waals surface area contributed by atoms with Crippen LogP contribution in [0.4, 0.5) is 5.82 Å². The molecule has 4 rings (SSSR count). The van der Waals surface area contributed by atoms with Crippen LogP contribution in [0.2, 0.25) is 5.02 Å². The first-order valence-corrected chi connectivity index (χ1v) is 9.27. The zero-order chi connectivity index (χ0) is 19.3. The number of benzene rings is 3. The standard InChI is InChI=1S/C24H17ClN2O/c25-22-16-19(17-9-3-1-4-10-17)21(15-20(22)18-11-5-2-6-12-18)24(28)27-23-13-7-8-14-26-23/h1-16H,(H,26,27,28). The summed E-state index contributed by atoms with van der Waals surface area (Å²) >= 11 is 6.61. The molecule has 28 heavy (non-hydrogen) atoms. The third-order valence-electron chi connectivity index (χ3n) is 4.43. The highest BCUT2D eigenvalue weighted by Gasteiger charge is 2.17. The molecule has 1 heterocycles. The van der Waals surface area contributed by atoms with E-state index < -0.39 is 0 Å². The van der Waals surface area contributed by atoms with Gasteiger partial charge in [-0.05, 0) is 41.0 Å². The van der Waals surface area contributed by atoms with Crippen LogP contribution < -0.4 is 5.32 Å². The van der Waals surface area contributed by atoms with Gasteiger partial charge in [0.1, 0.15) is 5.82 Å². The molecule has 0 atom stereocenters. The molecule has 4 heteroatoms. The SMILES string of the molecule is O=C(Nc1ccccn1)c1cc(-c2ccccc2)c(Cl)cc1-c1ccccc1. The van der Waals surface area contributed by atoms with Crippen molar-refractivity contribution in [3.63, 3.8) is 0 Å². The monoisotopic (exact) mass is 384 g/mol. The molecule has 0 unspecified atom stereocenters. The number of hydrogen-bond acceptors (Lipinski definition) is 2. The maximum absolute atomic E-state index is 13.1. The van der Waals surface area contributed by atoms with E-state index in [0.29, 0.717) is 16.4 Å². The smallest absolute Gasteiger partial charge is 0.257 e. The molecular weight excluding hydrogens is 368 g/mol. The van der Waals surface area contributed by atoms with Crippen LogP contribution >= 0.6 is 11.6 Å². The number of hydrogen-bond donors (Lipinski definition) is 1. The zero-order valence-corrected chi connectivity index (χ0v) is 15.7. The van der Waals surface area contributed by atoms with E-state index in [1.165, 1.54) is 0 Å². The molecular formula is C24H17ClN2O. The maximum atomic E-state index is 13.1. The lowest BCUT2D eigenvalue weighted by molar-refractivity contribution is 0.102. The first kappa shape index (κ1) is 18.0. The Morgan fingerprint density at radius 1 is 0.750 bits per heavy atom. The number of nitrogens with one attached hydrogen (secondary N) is 1. The number of aromatic nitrogens is 1. The van der Waals surface area contributed by atoms with Gasteiger partial charge in [-0.1, -0.05) is 78.3 Å². The van der Waals surface area contributed by atoms with E-state index >= 15 is 0 Å². The molecule has 0 aliphatic carbocycles. The summed E-state index contributed by atoms with van der Waals surface area (Å²) in [4.78, 5) is 17.3. The van der Waals surface area contributed by atoms with Crippen LogP contribution in [0, 0.1) is 0 Å². The van der Waals surface area contributed by atoms with Gasteiger partial charge < -0.3 is 5.32 Å². The molecule has 0 aliphatic rings. The van der Waals surface area contributed by atoms with Gasteiger partial charge in [0.2, 0.25) is 0 Å². The normalized spacial score (nSPS) is 10.5. The lowest BCUT2D eigenvalue weighted by Gasteiger charge is -2.14. The van der Waals surface area contributed by atoms with Crippen LogP contribution in [0.25, 0.3) is 22.3 Å². The van der Waals surface area contributed by atoms with Crippen molar-refractivity contribution in [3.05, 3.63) is 108 Å². The third kappa shape index (κ3) is 3.80. The van der Waals surface area contributed by atoms with Gasteiger partial charge in [-0.25, -0.2) is 4.98 Å². The van der Waals surface area contributed by atoms with Gasteiger partial charge >= 0.3 is 0 Å². The van der Waals surface area contributed by atoms with Crippen molar-refractivity contribution in [1.82, 2.24) is 4.98 Å². The van der Waals surface area contributed by atoms with Crippen LogP contribution in [0.5, 0.6) is 0 Å². The van der Waals surface area contributed by atoms with Crippen molar-refractivity contribution in [2.75, 3.05) is 5.32 Å². The molecule has 1 N–H and O–H groups in total. The topological polar surface area (TPSA) is 42.0 Å². The second kappa shape index (κ2) is 8.07. The number of anilines is 1. The molecule has 1 aromatic heterocycles. The van der Waals surface area contributed by atoms with Gasteiger partial charge in [0.05, 0.1) is 0 Å². The summed E-state index contributed by atoms with van der Waals surface area (Å²) in [5.74, 6) is 0.272. The number of carbonyl (C=O) groups is 1. The van der Waals surface area contributed by atoms with Crippen molar-refractivity contribution in [1.29, 1.82) is 0 Å². The summed E-state index contributed by atoms with van der Waals surface area (Å²) in [5.41, 5.74) is 4.01. The van der Waals surface area contributed by atoms with Gasteiger partial charge in [-0.2, -0.15) is 0 Å². The Balaban J connectivity index is 1.84. The van der Waals surface area contributed by atoms with Crippen LogP contribution in [0.1, 0.15) is 10.4 Å². The van der Waals surface area contributed by atoms with Crippen molar-refractivity contribution in [2.24, 2.45) is 0 Å². The molecule has 4 aromatic rings. The highest BCUT2D eigenvalue weighted by molar-refractivity contribution is 6.34. The van der Waals surface area contributed by atoms with E-state index in [1.807, 2.05) is 78.9 Å². The van der Waals surface area contributed by atoms with Crippen LogP contribution in [-0.2, 0) is 0 Å². The average Bonchev–Trinajstić information content (AvgIpc) is 2.75. The van der Waals surface area contributed by atoms with Crippen molar-refractivity contribution >= 4 is 23.3 Å². The van der Waals surface area contributed by atoms with Crippen molar-refractivity contribution in [2.45, 2.75) is 0 Å². The Bertz CT molecular complexity index is 1100. The summed E-state index contributed by atoms with van der Waals surface area (Å²) in [7, 11) is 0. The second-order valence-corrected chi connectivity index (χ2v) is 6.69. The van der Waals surface area contributed by atoms with Crippen LogP contribution in [0.15, 0.2) is 97.2 Å². The van der Waals surface area contributed by atoms with E-state index in [0.717, 1.165) is 22.3 Å². The minimum Gasteiger partial charge on any atom is -0.307 e. The predicted molar refractivity (Wildman–Crippen MR) is 115 cm³/mol. The summed E-state index contributed by atoms with van der Waals surface area (Å²) < 4.78 is 0. The number of carbonyl (C=O) groups excluding carboxylic acids is 1. The third-order valence-corrected chi connectivity index (χ3v) is 4.74. The van der Waals surface area contributed by atoms with Gasteiger partial charge in [0.15, 0.2) is 0 Å². The van der Waals surface area contributed by atoms with Gasteiger partial charge in [0, 0.05) is 22.3 Å². The fraction of sp³-hybridized carbons (Fsp3) is 0. The van der Waals surface area contributed by atoms with Crippen LogP contribution in [-0.4, -0.2) is 10.9 Å². The molecule has 0 fully saturated rings. The summed E-state index contributed by atoms with van der Waals surface area (Å²) in [6.07, 6.45) is 1.64. The zero-order valence-electron chi connectivity index (χ0n) is 15.0. The Kier molecular flexibility index (Phi) is 5.18. The number of pyridine rings is 1. The second-order valence-electron chi connectivity index (χ2n) is 6.28. The highest BCUT2D eigenvalue weighted by Crippen LogP contribution is 2.35. The van der Waals surface area contributed by atoms with Crippen molar-refractivity contribution < 1.29 is 4.79 Å². The maximum Gasteiger partial charge on any atom is 0.257 e. The molecule has 136 valence electrons. The molecule has 0 saturated heterocycles. The Labute approximate surface area is 168 Å². The molecule has 3 nitrogen and oxygen atoms in total. The largest absolute Gasteiger partial charge is 0.307 e. The van der Waals surface area contributed by atoms with E-state index in [4.69, 9.17) is 11.6 Å². The molecule has 1 amide bonds. The fourth-order valence-electron chi connectivity index (χ4n) is 3.08. The van der Waals surface area contributed by atoms with Crippen molar-refractivity contribution in [3.8, 4) is 22.3 Å². The number of amides is 1. The molecule has 0 saturated carbocycles. The lowest BCUT2D eigenvalue weighted by atomic mass is 9.94. The van der Waals surface area contributed by atoms with E-state index in [2.05, 4.69) is 10.3 Å². The number of halogens is 1. The molecule has 3 aromatic carbocycles. The number of nitrogens with zero attached hydrogens (tertiary/aromatic N) is 1. The fourth-order valence-corrected chi connectivity index (χ4v) is 3.35. The average molecular weight is 385 g/mol. The van der Waals surface area contributed by atoms with E-state index in [9.17, 15) is 4.79 Å². The van der Waals surface area contributed by atoms with Gasteiger partial charge in [-0.3, -0.25) is 4.79 Å².